The second kappa shape index (κ2) is 8.23. The van der Waals surface area contributed by atoms with Crippen molar-refractivity contribution in [1.82, 2.24) is 4.90 Å². The minimum atomic E-state index is -0.313. The van der Waals surface area contributed by atoms with Crippen molar-refractivity contribution >= 4 is 23.2 Å². The van der Waals surface area contributed by atoms with Crippen LogP contribution in [-0.4, -0.2) is 36.3 Å². The van der Waals surface area contributed by atoms with Crippen LogP contribution in [0.3, 0.4) is 0 Å². The molecular formula is C23H26FN3O2. The predicted octanol–water partition coefficient (Wildman–Crippen LogP) is 3.17. The summed E-state index contributed by atoms with van der Waals surface area (Å²) in [4.78, 5) is 29.7. The molecule has 2 heterocycles. The summed E-state index contributed by atoms with van der Waals surface area (Å²) in [6.07, 6.45) is 3.60. The van der Waals surface area contributed by atoms with Crippen molar-refractivity contribution in [1.29, 1.82) is 0 Å². The summed E-state index contributed by atoms with van der Waals surface area (Å²) in [5.41, 5.74) is 9.59. The van der Waals surface area contributed by atoms with Crippen LogP contribution in [0.25, 0.3) is 0 Å². The summed E-state index contributed by atoms with van der Waals surface area (Å²) < 4.78 is 13.1. The highest BCUT2D eigenvalue weighted by molar-refractivity contribution is 5.97. The zero-order chi connectivity index (χ0) is 20.4. The van der Waals surface area contributed by atoms with Gasteiger partial charge in [-0.1, -0.05) is 18.2 Å². The molecule has 0 aliphatic carbocycles. The van der Waals surface area contributed by atoms with Crippen molar-refractivity contribution in [2.24, 2.45) is 5.92 Å². The fourth-order valence-corrected chi connectivity index (χ4v) is 4.39. The maximum absolute atomic E-state index is 13.3. The molecule has 1 fully saturated rings. The lowest BCUT2D eigenvalue weighted by atomic mass is 9.93. The van der Waals surface area contributed by atoms with E-state index in [0.29, 0.717) is 19.6 Å². The second-order valence-electron chi connectivity index (χ2n) is 7.92. The first-order chi connectivity index (χ1) is 14.0. The molecule has 2 aromatic carbocycles. The third kappa shape index (κ3) is 4.11. The van der Waals surface area contributed by atoms with E-state index in [1.165, 1.54) is 12.1 Å². The number of anilines is 2. The molecule has 0 spiro atoms. The first-order valence-electron chi connectivity index (χ1n) is 10.2. The van der Waals surface area contributed by atoms with Gasteiger partial charge in [-0.05, 0) is 61.1 Å². The Morgan fingerprint density at radius 2 is 1.86 bits per heavy atom. The number of hydrogen-bond donors (Lipinski definition) is 1. The number of carbonyl (C=O) groups is 2. The monoisotopic (exact) mass is 395 g/mol. The van der Waals surface area contributed by atoms with Crippen LogP contribution in [0.2, 0.25) is 0 Å². The Balaban J connectivity index is 1.45. The van der Waals surface area contributed by atoms with Gasteiger partial charge in [0.25, 0.3) is 0 Å². The van der Waals surface area contributed by atoms with Gasteiger partial charge in [0.05, 0.1) is 12.3 Å². The van der Waals surface area contributed by atoms with Crippen LogP contribution in [0.15, 0.2) is 42.5 Å². The molecule has 0 saturated carbocycles. The molecule has 1 saturated heterocycles. The molecule has 4 rings (SSSR count). The largest absolute Gasteiger partial charge is 0.398 e. The fraction of sp³-hybridized carbons (Fsp3) is 0.391. The van der Waals surface area contributed by atoms with Gasteiger partial charge in [0.1, 0.15) is 5.82 Å². The topological polar surface area (TPSA) is 66.6 Å². The zero-order valence-electron chi connectivity index (χ0n) is 16.4. The molecule has 0 bridgehead atoms. The van der Waals surface area contributed by atoms with Gasteiger partial charge in [0.15, 0.2) is 0 Å². The molecule has 2 aliphatic rings. The van der Waals surface area contributed by atoms with Gasteiger partial charge in [0, 0.05) is 31.0 Å². The molecule has 1 unspecified atom stereocenters. The van der Waals surface area contributed by atoms with E-state index < -0.39 is 0 Å². The van der Waals surface area contributed by atoms with E-state index in [4.69, 9.17) is 5.73 Å². The van der Waals surface area contributed by atoms with E-state index in [-0.39, 0.29) is 30.0 Å². The molecule has 0 aromatic heterocycles. The van der Waals surface area contributed by atoms with E-state index in [1.807, 2.05) is 23.1 Å². The molecule has 5 nitrogen and oxygen atoms in total. The number of amides is 2. The van der Waals surface area contributed by atoms with E-state index >= 15 is 0 Å². The minimum absolute atomic E-state index is 0.0163. The van der Waals surface area contributed by atoms with Gasteiger partial charge < -0.3 is 15.5 Å². The smallest absolute Gasteiger partial charge is 0.231 e. The lowest BCUT2D eigenvalue weighted by Gasteiger charge is -2.37. The van der Waals surface area contributed by atoms with Crippen LogP contribution < -0.4 is 10.6 Å². The van der Waals surface area contributed by atoms with Crippen LogP contribution in [0.1, 0.15) is 30.4 Å². The average Bonchev–Trinajstić information content (AvgIpc) is 2.75. The standard InChI is InChI=1S/C23H26FN3O2/c24-18-10-8-16(9-11-18)14-22(28)26-12-2-4-17(15-26)23(29)27-13-3-5-19-20(25)6-1-7-21(19)27/h1,6-11,17H,2-5,12-15,25H2. The number of nitrogen functional groups attached to an aromatic ring is 1. The molecule has 29 heavy (non-hydrogen) atoms. The molecule has 2 amide bonds. The van der Waals surface area contributed by atoms with Crippen LogP contribution in [0, 0.1) is 11.7 Å². The first kappa shape index (κ1) is 19.4. The van der Waals surface area contributed by atoms with Gasteiger partial charge >= 0.3 is 0 Å². The van der Waals surface area contributed by atoms with Crippen LogP contribution in [0.4, 0.5) is 15.8 Å². The van der Waals surface area contributed by atoms with Crippen LogP contribution >= 0.6 is 0 Å². The number of nitrogens with two attached hydrogens (primary N) is 1. The Hall–Kier alpha value is -2.89. The predicted molar refractivity (Wildman–Crippen MR) is 111 cm³/mol. The third-order valence-corrected chi connectivity index (χ3v) is 5.94. The zero-order valence-corrected chi connectivity index (χ0v) is 16.4. The summed E-state index contributed by atoms with van der Waals surface area (Å²) in [5, 5.41) is 0. The highest BCUT2D eigenvalue weighted by atomic mass is 19.1. The summed E-state index contributed by atoms with van der Waals surface area (Å²) >= 11 is 0. The van der Waals surface area contributed by atoms with Crippen molar-refractivity contribution in [2.75, 3.05) is 30.3 Å². The Bertz CT molecular complexity index is 913. The van der Waals surface area contributed by atoms with E-state index in [1.54, 1.807) is 17.0 Å². The minimum Gasteiger partial charge on any atom is -0.398 e. The lowest BCUT2D eigenvalue weighted by Crippen LogP contribution is -2.48. The van der Waals surface area contributed by atoms with E-state index in [0.717, 1.165) is 48.2 Å². The maximum atomic E-state index is 13.3. The quantitative estimate of drug-likeness (QED) is 0.812. The maximum Gasteiger partial charge on any atom is 0.231 e. The molecule has 2 N–H and O–H groups in total. The molecule has 152 valence electrons. The number of rotatable bonds is 3. The van der Waals surface area contributed by atoms with Gasteiger partial charge in [-0.2, -0.15) is 0 Å². The van der Waals surface area contributed by atoms with E-state index in [2.05, 4.69) is 0 Å². The Kier molecular flexibility index (Phi) is 5.51. The lowest BCUT2D eigenvalue weighted by molar-refractivity contribution is -0.134. The Labute approximate surface area is 170 Å². The molecular weight excluding hydrogens is 369 g/mol. The van der Waals surface area contributed by atoms with Crippen LogP contribution in [-0.2, 0) is 22.4 Å². The fourth-order valence-electron chi connectivity index (χ4n) is 4.39. The number of likely N-dealkylation sites (tertiary alicyclic amines) is 1. The SMILES string of the molecule is Nc1cccc2c1CCCN2C(=O)C1CCCN(C(=O)Cc2ccc(F)cc2)C1. The number of piperidine rings is 1. The summed E-state index contributed by atoms with van der Waals surface area (Å²) in [6, 6.07) is 11.7. The molecule has 2 aliphatic heterocycles. The van der Waals surface area contributed by atoms with Crippen molar-refractivity contribution < 1.29 is 14.0 Å². The summed E-state index contributed by atoms with van der Waals surface area (Å²) in [6.45, 7) is 1.79. The molecule has 6 heteroatoms. The average molecular weight is 395 g/mol. The Morgan fingerprint density at radius 1 is 1.07 bits per heavy atom. The van der Waals surface area contributed by atoms with Gasteiger partial charge in [-0.3, -0.25) is 9.59 Å². The first-order valence-corrected chi connectivity index (χ1v) is 10.2. The van der Waals surface area contributed by atoms with Gasteiger partial charge in [-0.25, -0.2) is 4.39 Å². The van der Waals surface area contributed by atoms with Crippen molar-refractivity contribution in [2.45, 2.75) is 32.1 Å². The number of fused-ring (bicyclic) bond motifs is 1. The van der Waals surface area contributed by atoms with Gasteiger partial charge in [0.2, 0.25) is 11.8 Å². The van der Waals surface area contributed by atoms with Crippen molar-refractivity contribution in [3.05, 3.63) is 59.4 Å². The van der Waals surface area contributed by atoms with Crippen LogP contribution in [0.5, 0.6) is 0 Å². The van der Waals surface area contributed by atoms with Gasteiger partial charge in [-0.15, -0.1) is 0 Å². The van der Waals surface area contributed by atoms with E-state index in [9.17, 15) is 14.0 Å². The number of hydrogen-bond acceptors (Lipinski definition) is 3. The Morgan fingerprint density at radius 3 is 2.66 bits per heavy atom. The molecule has 2 aromatic rings. The molecule has 1 atom stereocenters. The third-order valence-electron chi connectivity index (χ3n) is 5.94. The highest BCUT2D eigenvalue weighted by Crippen LogP contribution is 2.33. The number of carbonyl (C=O) groups excluding carboxylic acids is 2. The second-order valence-corrected chi connectivity index (χ2v) is 7.92. The summed E-state index contributed by atoms with van der Waals surface area (Å²) in [7, 11) is 0. The number of nitrogens with zero attached hydrogens (tertiary/aromatic N) is 2. The number of benzene rings is 2. The highest BCUT2D eigenvalue weighted by Gasteiger charge is 2.33. The normalized spacial score (nSPS) is 19.0. The summed E-state index contributed by atoms with van der Waals surface area (Å²) in [5.74, 6) is -0.450. The van der Waals surface area contributed by atoms with Crippen molar-refractivity contribution in [3.8, 4) is 0 Å². The van der Waals surface area contributed by atoms with Crippen molar-refractivity contribution in [3.63, 3.8) is 0 Å². The molecule has 0 radical (unpaired) electrons. The number of halogens is 1.